The lowest BCUT2D eigenvalue weighted by Crippen LogP contribution is -1.99. The number of nitrogens with zero attached hydrogens (tertiary/aromatic N) is 2. The van der Waals surface area contributed by atoms with Gasteiger partial charge in [0, 0.05) is 25.4 Å². The van der Waals surface area contributed by atoms with Crippen LogP contribution < -0.4 is 9.47 Å². The fourth-order valence-electron chi connectivity index (χ4n) is 2.10. The van der Waals surface area contributed by atoms with Crippen LogP contribution in [0.15, 0.2) is 60.8 Å². The highest BCUT2D eigenvalue weighted by atomic mass is 16.5. The average Bonchev–Trinajstić information content (AvgIpc) is 2.99. The van der Waals surface area contributed by atoms with Crippen molar-refractivity contribution in [3.8, 4) is 17.4 Å². The Kier molecular flexibility index (Phi) is 4.38. The Morgan fingerprint density at radius 3 is 2.65 bits per heavy atom. The zero-order valence-electron chi connectivity index (χ0n) is 12.7. The molecule has 1 aromatic heterocycles. The van der Waals surface area contributed by atoms with Crippen molar-refractivity contribution >= 4 is 6.29 Å². The molecule has 5 heteroatoms. The summed E-state index contributed by atoms with van der Waals surface area (Å²) in [5, 5.41) is 4.16. The highest BCUT2D eigenvalue weighted by Crippen LogP contribution is 2.27. The monoisotopic (exact) mass is 308 g/mol. The summed E-state index contributed by atoms with van der Waals surface area (Å²) in [6.45, 7) is 0.384. The number of hydrogen-bond donors (Lipinski definition) is 0. The minimum absolute atomic E-state index is 0.384. The molecule has 0 spiro atoms. The van der Waals surface area contributed by atoms with Gasteiger partial charge in [-0.05, 0) is 17.7 Å². The minimum atomic E-state index is 0.384. The summed E-state index contributed by atoms with van der Waals surface area (Å²) < 4.78 is 13.1. The van der Waals surface area contributed by atoms with E-state index in [1.165, 1.54) is 0 Å². The molecule has 3 aromatic rings. The van der Waals surface area contributed by atoms with Crippen LogP contribution in [0.1, 0.15) is 15.9 Å². The Balaban J connectivity index is 1.77. The molecule has 0 aliphatic heterocycles. The fourth-order valence-corrected chi connectivity index (χ4v) is 2.10. The van der Waals surface area contributed by atoms with Gasteiger partial charge in [0.1, 0.15) is 18.1 Å². The predicted octanol–water partition coefficient (Wildman–Crippen LogP) is 3.60. The van der Waals surface area contributed by atoms with Crippen molar-refractivity contribution in [3.05, 3.63) is 71.9 Å². The third-order valence-electron chi connectivity index (χ3n) is 3.26. The first kappa shape index (κ1) is 14.8. The molecule has 23 heavy (non-hydrogen) atoms. The molecule has 0 amide bonds. The molecule has 2 aromatic carbocycles. The van der Waals surface area contributed by atoms with Crippen molar-refractivity contribution in [2.75, 3.05) is 0 Å². The van der Waals surface area contributed by atoms with Crippen LogP contribution in [0, 0.1) is 0 Å². The Hall–Kier alpha value is -3.08. The van der Waals surface area contributed by atoms with Crippen molar-refractivity contribution in [3.63, 3.8) is 0 Å². The second-order valence-corrected chi connectivity index (χ2v) is 5.02. The summed E-state index contributed by atoms with van der Waals surface area (Å²) in [6, 6.07) is 16.6. The quantitative estimate of drug-likeness (QED) is 0.653. The molecule has 0 bridgehead atoms. The second kappa shape index (κ2) is 6.79. The van der Waals surface area contributed by atoms with Crippen molar-refractivity contribution in [1.82, 2.24) is 9.78 Å². The van der Waals surface area contributed by atoms with Gasteiger partial charge in [0.15, 0.2) is 6.29 Å². The van der Waals surface area contributed by atoms with Crippen LogP contribution in [0.3, 0.4) is 0 Å². The van der Waals surface area contributed by atoms with E-state index in [0.717, 1.165) is 11.8 Å². The lowest BCUT2D eigenvalue weighted by Gasteiger charge is -2.10. The van der Waals surface area contributed by atoms with E-state index in [2.05, 4.69) is 5.10 Å². The summed E-state index contributed by atoms with van der Waals surface area (Å²) in [5.41, 5.74) is 1.51. The normalized spacial score (nSPS) is 10.3. The van der Waals surface area contributed by atoms with Gasteiger partial charge in [-0.25, -0.2) is 0 Å². The summed E-state index contributed by atoms with van der Waals surface area (Å²) in [6.07, 6.45) is 2.56. The number of carbonyl (C=O) groups excluding carboxylic acids is 1. The maximum absolute atomic E-state index is 11.2. The highest BCUT2D eigenvalue weighted by molar-refractivity contribution is 5.79. The van der Waals surface area contributed by atoms with Crippen LogP contribution in [0.5, 0.6) is 17.4 Å². The first-order valence-electron chi connectivity index (χ1n) is 7.18. The number of aryl methyl sites for hydroxylation is 1. The Bertz CT molecular complexity index is 797. The van der Waals surface area contributed by atoms with E-state index >= 15 is 0 Å². The van der Waals surface area contributed by atoms with Gasteiger partial charge in [-0.2, -0.15) is 0 Å². The van der Waals surface area contributed by atoms with Gasteiger partial charge < -0.3 is 9.47 Å². The van der Waals surface area contributed by atoms with Gasteiger partial charge in [-0.15, -0.1) is 5.10 Å². The van der Waals surface area contributed by atoms with E-state index in [1.807, 2.05) is 37.4 Å². The third-order valence-corrected chi connectivity index (χ3v) is 3.26. The van der Waals surface area contributed by atoms with Crippen molar-refractivity contribution in [2.24, 2.45) is 7.05 Å². The Morgan fingerprint density at radius 1 is 1.13 bits per heavy atom. The molecule has 0 aliphatic carbocycles. The average molecular weight is 308 g/mol. The number of aromatic nitrogens is 2. The number of hydrogen-bond acceptors (Lipinski definition) is 4. The predicted molar refractivity (Wildman–Crippen MR) is 85.9 cm³/mol. The molecule has 0 saturated carbocycles. The molecule has 116 valence electrons. The number of rotatable bonds is 6. The van der Waals surface area contributed by atoms with Crippen molar-refractivity contribution < 1.29 is 14.3 Å². The molecule has 5 nitrogen and oxygen atoms in total. The van der Waals surface area contributed by atoms with Gasteiger partial charge in [0.05, 0.1) is 5.56 Å². The fraction of sp³-hybridized carbons (Fsp3) is 0.111. The molecule has 0 saturated heterocycles. The van der Waals surface area contributed by atoms with E-state index in [4.69, 9.17) is 9.47 Å². The van der Waals surface area contributed by atoms with Gasteiger partial charge in [-0.1, -0.05) is 30.3 Å². The van der Waals surface area contributed by atoms with E-state index in [-0.39, 0.29) is 0 Å². The van der Waals surface area contributed by atoms with E-state index in [1.54, 1.807) is 35.1 Å². The molecule has 0 unspecified atom stereocenters. The minimum Gasteiger partial charge on any atom is -0.488 e. The van der Waals surface area contributed by atoms with Crippen molar-refractivity contribution in [1.29, 1.82) is 0 Å². The number of ether oxygens (including phenoxy) is 2. The standard InChI is InChI=1S/C18H16N2O3/c1-20-10-9-18(19-20)23-16-8-7-15(12-21)17(11-16)22-13-14-5-3-2-4-6-14/h2-12H,13H2,1H3. The molecule has 0 fully saturated rings. The molecule has 0 radical (unpaired) electrons. The largest absolute Gasteiger partial charge is 0.488 e. The number of carbonyl (C=O) groups is 1. The topological polar surface area (TPSA) is 53.4 Å². The molecule has 1 heterocycles. The molecule has 0 aliphatic rings. The highest BCUT2D eigenvalue weighted by Gasteiger charge is 2.08. The summed E-state index contributed by atoms with van der Waals surface area (Å²) >= 11 is 0. The molecule has 3 rings (SSSR count). The van der Waals surface area contributed by atoms with Gasteiger partial charge in [0.25, 0.3) is 0 Å². The van der Waals surface area contributed by atoms with E-state index in [0.29, 0.717) is 29.5 Å². The Labute approximate surface area is 134 Å². The van der Waals surface area contributed by atoms with Crippen LogP contribution in [0.25, 0.3) is 0 Å². The first-order chi connectivity index (χ1) is 11.2. The van der Waals surface area contributed by atoms with Crippen LogP contribution >= 0.6 is 0 Å². The second-order valence-electron chi connectivity index (χ2n) is 5.02. The van der Waals surface area contributed by atoms with Crippen LogP contribution in [-0.4, -0.2) is 16.1 Å². The van der Waals surface area contributed by atoms with Gasteiger partial charge in [0.2, 0.25) is 5.88 Å². The van der Waals surface area contributed by atoms with Crippen molar-refractivity contribution in [2.45, 2.75) is 6.61 Å². The lowest BCUT2D eigenvalue weighted by molar-refractivity contribution is 0.111. The smallest absolute Gasteiger partial charge is 0.238 e. The molecular weight excluding hydrogens is 292 g/mol. The van der Waals surface area contributed by atoms with Gasteiger partial charge in [-0.3, -0.25) is 9.48 Å². The zero-order valence-corrected chi connectivity index (χ0v) is 12.7. The molecule has 0 atom stereocenters. The van der Waals surface area contributed by atoms with Crippen LogP contribution in [0.4, 0.5) is 0 Å². The summed E-state index contributed by atoms with van der Waals surface area (Å²) in [5.74, 6) is 1.54. The van der Waals surface area contributed by atoms with Crippen LogP contribution in [-0.2, 0) is 13.7 Å². The van der Waals surface area contributed by atoms with Gasteiger partial charge >= 0.3 is 0 Å². The number of aldehydes is 1. The molecular formula is C18H16N2O3. The summed E-state index contributed by atoms with van der Waals surface area (Å²) in [7, 11) is 1.82. The molecule has 0 N–H and O–H groups in total. The lowest BCUT2D eigenvalue weighted by atomic mass is 10.2. The maximum atomic E-state index is 11.2. The summed E-state index contributed by atoms with van der Waals surface area (Å²) in [4.78, 5) is 11.2. The third kappa shape index (κ3) is 3.77. The maximum Gasteiger partial charge on any atom is 0.238 e. The zero-order chi connectivity index (χ0) is 16.1. The van der Waals surface area contributed by atoms with Crippen LogP contribution in [0.2, 0.25) is 0 Å². The van der Waals surface area contributed by atoms with E-state index in [9.17, 15) is 4.79 Å². The first-order valence-corrected chi connectivity index (χ1v) is 7.18. The number of benzene rings is 2. The SMILES string of the molecule is Cn1ccc(Oc2ccc(C=O)c(OCc3ccccc3)c2)n1. The van der Waals surface area contributed by atoms with E-state index < -0.39 is 0 Å². The Morgan fingerprint density at radius 2 is 1.96 bits per heavy atom.